The van der Waals surface area contributed by atoms with Gasteiger partial charge >= 0.3 is 5.70 Å². The van der Waals surface area contributed by atoms with Crippen LogP contribution in [0, 0.1) is 15.5 Å². The van der Waals surface area contributed by atoms with E-state index >= 15 is 0 Å². The molecule has 1 saturated heterocycles. The molecule has 2 N–H and O–H groups in total. The van der Waals surface area contributed by atoms with Crippen molar-refractivity contribution in [2.75, 3.05) is 13.1 Å². The first-order valence-electron chi connectivity index (χ1n) is 6.70. The third-order valence-electron chi connectivity index (χ3n) is 4.30. The highest BCUT2D eigenvalue weighted by molar-refractivity contribution is 5.98. The van der Waals surface area contributed by atoms with Crippen molar-refractivity contribution in [3.63, 3.8) is 0 Å². The molecule has 7 nitrogen and oxygen atoms in total. The SMILES string of the molecule is CC12C(O)=C([N+](=O)[O-])C(=N)N1CCN2Cc1ccccc1. The monoisotopic (exact) mass is 288 g/mol. The molecular formula is C14H16N4O3. The van der Waals surface area contributed by atoms with Gasteiger partial charge in [0.05, 0.1) is 4.92 Å². The summed E-state index contributed by atoms with van der Waals surface area (Å²) in [5, 5.41) is 29.3. The first-order valence-corrected chi connectivity index (χ1v) is 6.70. The van der Waals surface area contributed by atoms with Gasteiger partial charge in [-0.15, -0.1) is 0 Å². The van der Waals surface area contributed by atoms with Gasteiger partial charge in [-0.1, -0.05) is 30.3 Å². The number of nitrogens with one attached hydrogen (secondary N) is 1. The number of benzene rings is 1. The van der Waals surface area contributed by atoms with E-state index in [4.69, 9.17) is 5.41 Å². The standard InChI is InChI=1S/C14H16N4O3/c1-14-12(19)11(18(20)21)13(15)17(14)8-7-16(14)9-10-5-3-2-4-6-10/h2-6,15,19H,7-9H2,1H3. The van der Waals surface area contributed by atoms with Crippen LogP contribution >= 0.6 is 0 Å². The number of hydrogen-bond donors (Lipinski definition) is 2. The summed E-state index contributed by atoms with van der Waals surface area (Å²) in [5.41, 5.74) is -0.431. The van der Waals surface area contributed by atoms with Gasteiger partial charge in [-0.3, -0.25) is 20.4 Å². The zero-order chi connectivity index (χ0) is 15.2. The summed E-state index contributed by atoms with van der Waals surface area (Å²) in [5.74, 6) is -0.554. The molecule has 21 heavy (non-hydrogen) atoms. The van der Waals surface area contributed by atoms with Gasteiger partial charge in [-0.05, 0) is 12.5 Å². The maximum atomic E-state index is 11.1. The van der Waals surface area contributed by atoms with Crippen molar-refractivity contribution in [3.8, 4) is 0 Å². The van der Waals surface area contributed by atoms with Crippen molar-refractivity contribution in [2.45, 2.75) is 19.1 Å². The van der Waals surface area contributed by atoms with E-state index in [1.807, 2.05) is 35.2 Å². The lowest BCUT2D eigenvalue weighted by molar-refractivity contribution is -0.418. The molecule has 110 valence electrons. The molecule has 0 amide bonds. The van der Waals surface area contributed by atoms with Gasteiger partial charge < -0.3 is 10.0 Å². The van der Waals surface area contributed by atoms with Crippen LogP contribution in [0.3, 0.4) is 0 Å². The Bertz CT molecular complexity index is 643. The number of fused-ring (bicyclic) bond motifs is 1. The molecule has 1 fully saturated rings. The van der Waals surface area contributed by atoms with Crippen molar-refractivity contribution in [1.82, 2.24) is 9.80 Å². The number of amidine groups is 1. The molecule has 1 unspecified atom stereocenters. The quantitative estimate of drug-likeness (QED) is 0.650. The van der Waals surface area contributed by atoms with Crippen molar-refractivity contribution >= 4 is 5.84 Å². The van der Waals surface area contributed by atoms with Gasteiger partial charge in [0, 0.05) is 19.6 Å². The lowest BCUT2D eigenvalue weighted by Crippen LogP contribution is -2.50. The van der Waals surface area contributed by atoms with Crippen LogP contribution < -0.4 is 0 Å². The normalized spacial score (nSPS) is 25.6. The summed E-state index contributed by atoms with van der Waals surface area (Å²) in [6, 6.07) is 9.73. The molecule has 2 aliphatic rings. The minimum absolute atomic E-state index is 0.212. The lowest BCUT2D eigenvalue weighted by Gasteiger charge is -2.35. The first kappa shape index (κ1) is 13.6. The molecular weight excluding hydrogens is 272 g/mol. The summed E-state index contributed by atoms with van der Waals surface area (Å²) in [6.07, 6.45) is 0. The van der Waals surface area contributed by atoms with Gasteiger partial charge in [0.2, 0.25) is 11.6 Å². The van der Waals surface area contributed by atoms with Gasteiger partial charge in [0.1, 0.15) is 0 Å². The van der Waals surface area contributed by atoms with E-state index in [0.717, 1.165) is 5.56 Å². The van der Waals surface area contributed by atoms with Crippen LogP contribution in [-0.2, 0) is 6.54 Å². The van der Waals surface area contributed by atoms with Crippen LogP contribution in [0.5, 0.6) is 0 Å². The fourth-order valence-electron chi connectivity index (χ4n) is 3.11. The largest absolute Gasteiger partial charge is 0.503 e. The van der Waals surface area contributed by atoms with Gasteiger partial charge in [-0.2, -0.15) is 0 Å². The van der Waals surface area contributed by atoms with Crippen LogP contribution in [0.1, 0.15) is 12.5 Å². The Balaban J connectivity index is 1.96. The average Bonchev–Trinajstić information content (AvgIpc) is 2.86. The summed E-state index contributed by atoms with van der Waals surface area (Å²) < 4.78 is 0. The predicted octanol–water partition coefficient (Wildman–Crippen LogP) is 1.56. The van der Waals surface area contributed by atoms with Crippen LogP contribution in [0.25, 0.3) is 0 Å². The van der Waals surface area contributed by atoms with Gasteiger partial charge in [0.15, 0.2) is 5.66 Å². The minimum Gasteiger partial charge on any atom is -0.503 e. The molecule has 0 spiro atoms. The molecule has 0 aromatic heterocycles. The second-order valence-corrected chi connectivity index (χ2v) is 5.38. The molecule has 7 heteroatoms. The topological polar surface area (TPSA) is 93.7 Å². The molecule has 3 rings (SSSR count). The fraction of sp³-hybridized carbons (Fsp3) is 0.357. The van der Waals surface area contributed by atoms with Crippen molar-refractivity contribution in [2.24, 2.45) is 0 Å². The van der Waals surface area contributed by atoms with E-state index in [2.05, 4.69) is 0 Å². The summed E-state index contributed by atoms with van der Waals surface area (Å²) in [7, 11) is 0. The second kappa shape index (κ2) is 4.56. The molecule has 2 heterocycles. The molecule has 0 aliphatic carbocycles. The predicted molar refractivity (Wildman–Crippen MR) is 76.3 cm³/mol. The van der Waals surface area contributed by atoms with E-state index in [1.54, 1.807) is 11.8 Å². The zero-order valence-electron chi connectivity index (χ0n) is 11.6. The van der Waals surface area contributed by atoms with Crippen molar-refractivity contribution < 1.29 is 10.0 Å². The maximum absolute atomic E-state index is 11.1. The Morgan fingerprint density at radius 3 is 2.67 bits per heavy atom. The van der Waals surface area contributed by atoms with E-state index in [-0.39, 0.29) is 11.6 Å². The summed E-state index contributed by atoms with van der Waals surface area (Å²) >= 11 is 0. The van der Waals surface area contributed by atoms with Gasteiger partial charge in [-0.25, -0.2) is 0 Å². The van der Waals surface area contributed by atoms with Gasteiger partial charge in [0.25, 0.3) is 0 Å². The minimum atomic E-state index is -1.00. The van der Waals surface area contributed by atoms with E-state index in [1.165, 1.54) is 0 Å². The Morgan fingerprint density at radius 2 is 2.05 bits per heavy atom. The zero-order valence-corrected chi connectivity index (χ0v) is 11.6. The molecule has 2 aliphatic heterocycles. The summed E-state index contributed by atoms with van der Waals surface area (Å²) in [4.78, 5) is 13.9. The Kier molecular flexibility index (Phi) is 2.94. The number of nitro groups is 1. The number of rotatable bonds is 3. The number of nitrogens with zero attached hydrogens (tertiary/aromatic N) is 3. The number of aliphatic hydroxyl groups is 1. The maximum Gasteiger partial charge on any atom is 0.351 e. The van der Waals surface area contributed by atoms with E-state index < -0.39 is 16.3 Å². The third-order valence-corrected chi connectivity index (χ3v) is 4.30. The molecule has 1 atom stereocenters. The lowest BCUT2D eigenvalue weighted by atomic mass is 10.1. The summed E-state index contributed by atoms with van der Waals surface area (Å²) in [6.45, 7) is 3.42. The Labute approximate surface area is 121 Å². The van der Waals surface area contributed by atoms with E-state index in [9.17, 15) is 15.2 Å². The highest BCUT2D eigenvalue weighted by atomic mass is 16.6. The fourth-order valence-corrected chi connectivity index (χ4v) is 3.11. The Morgan fingerprint density at radius 1 is 1.38 bits per heavy atom. The highest BCUT2D eigenvalue weighted by Crippen LogP contribution is 2.41. The van der Waals surface area contributed by atoms with Crippen LogP contribution in [0.2, 0.25) is 0 Å². The average molecular weight is 288 g/mol. The Hall–Kier alpha value is -2.41. The second-order valence-electron chi connectivity index (χ2n) is 5.38. The highest BCUT2D eigenvalue weighted by Gasteiger charge is 2.58. The first-order chi connectivity index (χ1) is 9.96. The smallest absolute Gasteiger partial charge is 0.351 e. The number of hydrogen-bond acceptors (Lipinski definition) is 5. The van der Waals surface area contributed by atoms with Crippen molar-refractivity contribution in [1.29, 1.82) is 5.41 Å². The van der Waals surface area contributed by atoms with Crippen LogP contribution in [-0.4, -0.2) is 44.4 Å². The van der Waals surface area contributed by atoms with Crippen LogP contribution in [0.4, 0.5) is 0 Å². The van der Waals surface area contributed by atoms with Crippen molar-refractivity contribution in [3.05, 3.63) is 57.5 Å². The third kappa shape index (κ3) is 1.81. The molecule has 1 aromatic carbocycles. The molecule has 1 aromatic rings. The molecule has 0 saturated carbocycles. The van der Waals surface area contributed by atoms with E-state index in [0.29, 0.717) is 19.6 Å². The molecule has 0 bridgehead atoms. The number of aliphatic hydroxyl groups excluding tert-OH is 1. The molecule has 0 radical (unpaired) electrons. The van der Waals surface area contributed by atoms with Crippen LogP contribution in [0.15, 0.2) is 41.8 Å².